The zero-order valence-electron chi connectivity index (χ0n) is 4.58. The number of benzene rings is 1. The van der Waals surface area contributed by atoms with Crippen molar-refractivity contribution in [3.05, 3.63) is 30.3 Å². The van der Waals surface area contributed by atoms with Crippen LogP contribution in [0.25, 0.3) is 0 Å². The summed E-state index contributed by atoms with van der Waals surface area (Å²) < 4.78 is 4.32. The zero-order valence-corrected chi connectivity index (χ0v) is 6.15. The largest absolute Gasteiger partial charge is 0.202 e. The van der Waals surface area contributed by atoms with Crippen LogP contribution in [0.4, 0.5) is 0 Å². The molecule has 1 aromatic rings. The van der Waals surface area contributed by atoms with Crippen molar-refractivity contribution in [1.82, 2.24) is 0 Å². The van der Waals surface area contributed by atoms with Gasteiger partial charge in [0, 0.05) is 4.90 Å². The lowest BCUT2D eigenvalue weighted by Crippen LogP contribution is -1.64. The van der Waals surface area contributed by atoms with Gasteiger partial charge in [-0.3, -0.25) is 0 Å². The van der Waals surface area contributed by atoms with Gasteiger partial charge in [-0.2, -0.15) is 0 Å². The van der Waals surface area contributed by atoms with Gasteiger partial charge in [0.15, 0.2) is 0 Å². The zero-order chi connectivity index (χ0) is 6.53. The highest BCUT2D eigenvalue weighted by Gasteiger charge is 1.87. The fraction of sp³-hybridized carbons (Fsp3) is 0. The molecule has 0 saturated heterocycles. The minimum atomic E-state index is 1.01. The average molecular weight is 161 g/mol. The number of hydrogen-bond donors (Lipinski definition) is 0. The van der Waals surface area contributed by atoms with Crippen LogP contribution < -0.4 is 0 Å². The maximum atomic E-state index is 5.00. The van der Waals surface area contributed by atoms with Gasteiger partial charge in [0.25, 0.3) is 0 Å². The fourth-order valence-corrected chi connectivity index (χ4v) is 1.07. The van der Waals surface area contributed by atoms with Gasteiger partial charge in [-0.15, -0.1) is 0 Å². The summed E-state index contributed by atoms with van der Waals surface area (Å²) in [7, 11) is 0. The third-order valence-corrected chi connectivity index (χ3v) is 1.59. The van der Waals surface area contributed by atoms with Crippen LogP contribution in [0.2, 0.25) is 0 Å². The van der Waals surface area contributed by atoms with Crippen molar-refractivity contribution in [3.63, 3.8) is 0 Å². The van der Waals surface area contributed by atoms with Gasteiger partial charge < -0.3 is 0 Å². The molecule has 0 unspecified atom stereocenters. The normalized spacial score (nSPS) is 9.44. The van der Waals surface area contributed by atoms with Crippen LogP contribution in [-0.2, 0) is 3.74 Å². The summed E-state index contributed by atoms with van der Waals surface area (Å²) in [5, 5.41) is 0. The van der Waals surface area contributed by atoms with Gasteiger partial charge in [-0.1, -0.05) is 18.2 Å². The Kier molecular flexibility index (Phi) is 2.91. The van der Waals surface area contributed by atoms with Gasteiger partial charge in [-0.25, -0.2) is 3.74 Å². The summed E-state index contributed by atoms with van der Waals surface area (Å²) >= 11 is 6.14. The Morgan fingerprint density at radius 2 is 1.89 bits per heavy atom. The molecule has 48 valence electrons. The number of hydrogen-bond acceptors (Lipinski definition) is 2. The van der Waals surface area contributed by atoms with Gasteiger partial charge in [0.2, 0.25) is 0 Å². The van der Waals surface area contributed by atoms with E-state index in [9.17, 15) is 0 Å². The second-order valence-electron chi connectivity index (χ2n) is 1.46. The van der Waals surface area contributed by atoms with Crippen LogP contribution in [0.5, 0.6) is 0 Å². The van der Waals surface area contributed by atoms with E-state index in [2.05, 4.69) is 3.74 Å². The van der Waals surface area contributed by atoms with Gasteiger partial charge in [0.05, 0.1) is 23.9 Å². The molecule has 9 heavy (non-hydrogen) atoms. The fourth-order valence-electron chi connectivity index (χ4n) is 0.512. The Morgan fingerprint density at radius 1 is 1.22 bits per heavy atom. The Hall–Kier alpha value is -0.180. The molecule has 0 aliphatic heterocycles. The maximum Gasteiger partial charge on any atom is 0.0757 e. The summed E-state index contributed by atoms with van der Waals surface area (Å²) in [4.78, 5) is 1.01. The molecule has 1 rings (SSSR count). The van der Waals surface area contributed by atoms with Crippen LogP contribution in [-0.4, -0.2) is 0 Å². The van der Waals surface area contributed by atoms with E-state index in [-0.39, 0.29) is 0 Å². The lowest BCUT2D eigenvalue weighted by Gasteiger charge is -1.90. The molecule has 0 aliphatic rings. The first-order chi connectivity index (χ1) is 4.43. The van der Waals surface area contributed by atoms with E-state index in [0.29, 0.717) is 0 Å². The van der Waals surface area contributed by atoms with Gasteiger partial charge in [-0.05, 0) is 12.1 Å². The van der Waals surface area contributed by atoms with Crippen molar-refractivity contribution in [2.45, 2.75) is 4.90 Å². The number of halogens is 1. The van der Waals surface area contributed by atoms with Crippen LogP contribution >= 0.6 is 23.9 Å². The Labute approximate surface area is 63.4 Å². The van der Waals surface area contributed by atoms with Crippen LogP contribution in [0.15, 0.2) is 35.2 Å². The molecule has 0 heterocycles. The third-order valence-electron chi connectivity index (χ3n) is 0.871. The summed E-state index contributed by atoms with van der Waals surface area (Å²) in [6, 6.07) is 9.65. The molecule has 0 spiro atoms. The topological polar surface area (TPSA) is 9.23 Å². The average Bonchev–Trinajstić information content (AvgIpc) is 1.91. The first kappa shape index (κ1) is 6.93. The Bertz CT molecular complexity index is 166. The summed E-state index contributed by atoms with van der Waals surface area (Å²) in [5.41, 5.74) is 0. The van der Waals surface area contributed by atoms with E-state index in [4.69, 9.17) is 11.9 Å². The SMILES string of the molecule is ClOSc1ccccc1. The number of rotatable bonds is 2. The van der Waals surface area contributed by atoms with Gasteiger partial charge in [0.1, 0.15) is 0 Å². The second kappa shape index (κ2) is 3.77. The lowest BCUT2D eigenvalue weighted by atomic mass is 10.4. The van der Waals surface area contributed by atoms with Crippen molar-refractivity contribution < 1.29 is 3.74 Å². The minimum absolute atomic E-state index is 1.01. The smallest absolute Gasteiger partial charge is 0.0757 e. The molecule has 0 atom stereocenters. The Balaban J connectivity index is 2.61. The van der Waals surface area contributed by atoms with Crippen molar-refractivity contribution in [3.8, 4) is 0 Å². The highest BCUT2D eigenvalue weighted by Crippen LogP contribution is 2.18. The van der Waals surface area contributed by atoms with Crippen molar-refractivity contribution in [2.75, 3.05) is 0 Å². The van der Waals surface area contributed by atoms with E-state index in [1.54, 1.807) is 0 Å². The first-order valence-electron chi connectivity index (χ1n) is 2.44. The van der Waals surface area contributed by atoms with E-state index in [1.165, 1.54) is 0 Å². The summed E-state index contributed by atoms with van der Waals surface area (Å²) in [6.07, 6.45) is 0. The molecular formula is C6H5ClOS. The molecule has 1 aromatic carbocycles. The summed E-state index contributed by atoms with van der Waals surface area (Å²) in [6.45, 7) is 0. The third kappa shape index (κ3) is 2.26. The second-order valence-corrected chi connectivity index (χ2v) is 2.60. The van der Waals surface area contributed by atoms with Gasteiger partial charge >= 0.3 is 0 Å². The van der Waals surface area contributed by atoms with E-state index in [1.807, 2.05) is 30.3 Å². The van der Waals surface area contributed by atoms with E-state index in [0.717, 1.165) is 16.9 Å². The first-order valence-corrected chi connectivity index (χ1v) is 3.49. The molecular weight excluding hydrogens is 156 g/mol. The molecule has 1 nitrogen and oxygen atoms in total. The van der Waals surface area contributed by atoms with Crippen LogP contribution in [0, 0.1) is 0 Å². The summed E-state index contributed by atoms with van der Waals surface area (Å²) in [5.74, 6) is 0. The molecule has 0 aromatic heterocycles. The lowest BCUT2D eigenvalue weighted by molar-refractivity contribution is 0.727. The highest BCUT2D eigenvalue weighted by atomic mass is 35.5. The molecule has 3 heteroatoms. The van der Waals surface area contributed by atoms with Crippen molar-refractivity contribution >= 4 is 23.9 Å². The van der Waals surface area contributed by atoms with E-state index < -0.39 is 0 Å². The predicted octanol–water partition coefficient (Wildman–Crippen LogP) is 2.86. The highest BCUT2D eigenvalue weighted by molar-refractivity contribution is 7.95. The van der Waals surface area contributed by atoms with Crippen LogP contribution in [0.3, 0.4) is 0 Å². The maximum absolute atomic E-state index is 5.00. The molecule has 0 aliphatic carbocycles. The van der Waals surface area contributed by atoms with Crippen LogP contribution in [0.1, 0.15) is 0 Å². The molecule has 0 N–H and O–H groups in total. The van der Waals surface area contributed by atoms with E-state index >= 15 is 0 Å². The predicted molar refractivity (Wildman–Crippen MR) is 39.2 cm³/mol. The standard InChI is InChI=1S/C6H5ClOS/c7-8-9-6-4-2-1-3-5-6/h1-5H. The Morgan fingerprint density at radius 3 is 2.44 bits per heavy atom. The quantitative estimate of drug-likeness (QED) is 0.616. The molecule has 0 amide bonds. The monoisotopic (exact) mass is 160 g/mol. The minimum Gasteiger partial charge on any atom is -0.202 e. The molecule has 0 saturated carbocycles. The molecule has 0 fully saturated rings. The van der Waals surface area contributed by atoms with Crippen molar-refractivity contribution in [1.29, 1.82) is 0 Å². The molecule has 0 bridgehead atoms. The van der Waals surface area contributed by atoms with Crippen molar-refractivity contribution in [2.24, 2.45) is 0 Å². The molecule has 0 radical (unpaired) electrons.